The Bertz CT molecular complexity index is 637. The lowest BCUT2D eigenvalue weighted by Crippen LogP contribution is -2.36. The molecule has 1 unspecified atom stereocenters. The lowest BCUT2D eigenvalue weighted by atomic mass is 10.1. The van der Waals surface area contributed by atoms with Gasteiger partial charge >= 0.3 is 0 Å². The van der Waals surface area contributed by atoms with Crippen molar-refractivity contribution in [3.8, 4) is 0 Å². The number of nitrogens with zero attached hydrogens (tertiary/aromatic N) is 2. The van der Waals surface area contributed by atoms with E-state index in [1.165, 1.54) is 12.1 Å². The topological polar surface area (TPSA) is 41.6 Å². The highest BCUT2D eigenvalue weighted by atomic mass is 79.9. The molecule has 102 valence electrons. The summed E-state index contributed by atoms with van der Waals surface area (Å²) < 4.78 is 14.1. The van der Waals surface area contributed by atoms with Crippen LogP contribution in [0.15, 0.2) is 58.0 Å². The van der Waals surface area contributed by atoms with Gasteiger partial charge in [-0.1, -0.05) is 28.1 Å². The molecule has 1 aliphatic rings. The SMILES string of the molecule is NC1=NCC(c2ccc(Br)cc2)N1c1ccc(F)cc1. The zero-order valence-electron chi connectivity index (χ0n) is 10.6. The Kier molecular flexibility index (Phi) is 3.44. The second-order valence-electron chi connectivity index (χ2n) is 4.61. The van der Waals surface area contributed by atoms with E-state index in [1.54, 1.807) is 12.1 Å². The number of guanidine groups is 1. The monoisotopic (exact) mass is 333 g/mol. The van der Waals surface area contributed by atoms with Crippen molar-refractivity contribution in [1.29, 1.82) is 0 Å². The first kappa shape index (κ1) is 13.1. The van der Waals surface area contributed by atoms with Gasteiger partial charge in [-0.3, -0.25) is 4.99 Å². The molecule has 0 aliphatic carbocycles. The average Bonchev–Trinajstić information content (AvgIpc) is 2.83. The maximum atomic E-state index is 13.1. The molecule has 5 heteroatoms. The molecule has 0 radical (unpaired) electrons. The van der Waals surface area contributed by atoms with Crippen LogP contribution in [-0.2, 0) is 0 Å². The molecule has 2 N–H and O–H groups in total. The van der Waals surface area contributed by atoms with Crippen LogP contribution in [0.4, 0.5) is 10.1 Å². The van der Waals surface area contributed by atoms with E-state index >= 15 is 0 Å². The van der Waals surface area contributed by atoms with Crippen molar-refractivity contribution in [2.75, 3.05) is 11.4 Å². The Labute approximate surface area is 125 Å². The van der Waals surface area contributed by atoms with Gasteiger partial charge in [0.1, 0.15) is 5.82 Å². The van der Waals surface area contributed by atoms with Crippen molar-refractivity contribution in [3.63, 3.8) is 0 Å². The highest BCUT2D eigenvalue weighted by Gasteiger charge is 2.28. The average molecular weight is 334 g/mol. The van der Waals surface area contributed by atoms with E-state index in [0.29, 0.717) is 12.5 Å². The maximum Gasteiger partial charge on any atom is 0.196 e. The summed E-state index contributed by atoms with van der Waals surface area (Å²) in [6, 6.07) is 14.4. The summed E-state index contributed by atoms with van der Waals surface area (Å²) in [5, 5.41) is 0. The summed E-state index contributed by atoms with van der Waals surface area (Å²) in [7, 11) is 0. The van der Waals surface area contributed by atoms with E-state index in [-0.39, 0.29) is 11.9 Å². The lowest BCUT2D eigenvalue weighted by Gasteiger charge is -2.26. The van der Waals surface area contributed by atoms with Crippen LogP contribution in [0.2, 0.25) is 0 Å². The normalized spacial score (nSPS) is 18.2. The van der Waals surface area contributed by atoms with Gasteiger partial charge in [0, 0.05) is 10.2 Å². The highest BCUT2D eigenvalue weighted by molar-refractivity contribution is 9.10. The van der Waals surface area contributed by atoms with Gasteiger partial charge in [0.2, 0.25) is 0 Å². The summed E-state index contributed by atoms with van der Waals surface area (Å²) in [5.41, 5.74) is 7.95. The number of rotatable bonds is 2. The van der Waals surface area contributed by atoms with Gasteiger partial charge in [0.25, 0.3) is 0 Å². The van der Waals surface area contributed by atoms with Gasteiger partial charge in [0.05, 0.1) is 12.6 Å². The Morgan fingerprint density at radius 2 is 1.75 bits per heavy atom. The quantitative estimate of drug-likeness (QED) is 0.914. The fraction of sp³-hybridized carbons (Fsp3) is 0.133. The molecule has 0 spiro atoms. The Morgan fingerprint density at radius 1 is 1.10 bits per heavy atom. The predicted molar refractivity (Wildman–Crippen MR) is 82.3 cm³/mol. The van der Waals surface area contributed by atoms with E-state index in [9.17, 15) is 4.39 Å². The maximum absolute atomic E-state index is 13.1. The number of hydrogen-bond donors (Lipinski definition) is 1. The van der Waals surface area contributed by atoms with Gasteiger partial charge in [-0.2, -0.15) is 0 Å². The van der Waals surface area contributed by atoms with Gasteiger partial charge in [0.15, 0.2) is 5.96 Å². The van der Waals surface area contributed by atoms with E-state index in [1.807, 2.05) is 29.2 Å². The van der Waals surface area contributed by atoms with Crippen molar-refractivity contribution >= 4 is 27.6 Å². The summed E-state index contributed by atoms with van der Waals surface area (Å²) in [4.78, 5) is 6.24. The standard InChI is InChI=1S/C15H13BrFN3/c16-11-3-1-10(2-4-11)14-9-19-15(18)20(14)13-7-5-12(17)6-8-13/h1-8,14H,9H2,(H2,18,19). The molecular formula is C15H13BrFN3. The van der Waals surface area contributed by atoms with Gasteiger partial charge in [-0.15, -0.1) is 0 Å². The van der Waals surface area contributed by atoms with Crippen LogP contribution in [0.1, 0.15) is 11.6 Å². The molecule has 0 fully saturated rings. The molecule has 0 aromatic heterocycles. The number of halogens is 2. The molecule has 3 nitrogen and oxygen atoms in total. The van der Waals surface area contributed by atoms with Crippen LogP contribution >= 0.6 is 15.9 Å². The van der Waals surface area contributed by atoms with Gasteiger partial charge in [-0.25, -0.2) is 4.39 Å². The van der Waals surface area contributed by atoms with Crippen molar-refractivity contribution < 1.29 is 4.39 Å². The Morgan fingerprint density at radius 3 is 2.40 bits per heavy atom. The number of aliphatic imine (C=N–C) groups is 1. The molecule has 3 rings (SSSR count). The van der Waals surface area contributed by atoms with Crippen LogP contribution in [0.25, 0.3) is 0 Å². The minimum absolute atomic E-state index is 0.0496. The number of nitrogens with two attached hydrogens (primary N) is 1. The summed E-state index contributed by atoms with van der Waals surface area (Å²) in [6.45, 7) is 0.602. The third-order valence-electron chi connectivity index (χ3n) is 3.34. The summed E-state index contributed by atoms with van der Waals surface area (Å²) in [5.74, 6) is 0.202. The van der Waals surface area contributed by atoms with Crippen LogP contribution < -0.4 is 10.6 Å². The first-order valence-corrected chi connectivity index (χ1v) is 7.04. The van der Waals surface area contributed by atoms with Crippen LogP contribution in [0.3, 0.4) is 0 Å². The minimum atomic E-state index is -0.261. The summed E-state index contributed by atoms with van der Waals surface area (Å²) >= 11 is 3.43. The molecule has 1 aliphatic heterocycles. The lowest BCUT2D eigenvalue weighted by molar-refractivity contribution is 0.627. The minimum Gasteiger partial charge on any atom is -0.369 e. The van der Waals surface area contributed by atoms with E-state index in [4.69, 9.17) is 5.73 Å². The fourth-order valence-electron chi connectivity index (χ4n) is 2.35. The summed E-state index contributed by atoms with van der Waals surface area (Å²) in [6.07, 6.45) is 0. The zero-order chi connectivity index (χ0) is 14.1. The van der Waals surface area contributed by atoms with Gasteiger partial charge < -0.3 is 10.6 Å². The van der Waals surface area contributed by atoms with Crippen LogP contribution in [0, 0.1) is 5.82 Å². The third-order valence-corrected chi connectivity index (χ3v) is 3.87. The Hall–Kier alpha value is -1.88. The second kappa shape index (κ2) is 5.25. The predicted octanol–water partition coefficient (Wildman–Crippen LogP) is 3.46. The second-order valence-corrected chi connectivity index (χ2v) is 5.53. The van der Waals surface area contributed by atoms with Gasteiger partial charge in [-0.05, 0) is 42.0 Å². The molecule has 0 saturated heterocycles. The first-order valence-electron chi connectivity index (χ1n) is 6.25. The molecule has 0 amide bonds. The van der Waals surface area contributed by atoms with Crippen molar-refractivity contribution in [2.45, 2.75) is 6.04 Å². The molecule has 2 aromatic carbocycles. The Balaban J connectivity index is 1.96. The molecule has 1 heterocycles. The van der Waals surface area contributed by atoms with E-state index < -0.39 is 0 Å². The van der Waals surface area contributed by atoms with E-state index in [0.717, 1.165) is 15.7 Å². The molecule has 2 aromatic rings. The first-order chi connectivity index (χ1) is 9.65. The molecular weight excluding hydrogens is 321 g/mol. The van der Waals surface area contributed by atoms with Crippen molar-refractivity contribution in [2.24, 2.45) is 10.7 Å². The third kappa shape index (κ3) is 2.41. The van der Waals surface area contributed by atoms with Crippen molar-refractivity contribution in [3.05, 3.63) is 64.4 Å². The molecule has 20 heavy (non-hydrogen) atoms. The number of anilines is 1. The molecule has 1 atom stereocenters. The zero-order valence-corrected chi connectivity index (χ0v) is 12.2. The van der Waals surface area contributed by atoms with Crippen LogP contribution in [0.5, 0.6) is 0 Å². The molecule has 0 saturated carbocycles. The van der Waals surface area contributed by atoms with Crippen LogP contribution in [-0.4, -0.2) is 12.5 Å². The fourth-order valence-corrected chi connectivity index (χ4v) is 2.62. The highest BCUT2D eigenvalue weighted by Crippen LogP contribution is 2.31. The molecule has 0 bridgehead atoms. The number of hydrogen-bond acceptors (Lipinski definition) is 3. The smallest absolute Gasteiger partial charge is 0.196 e. The number of benzene rings is 2. The van der Waals surface area contributed by atoms with Crippen molar-refractivity contribution in [1.82, 2.24) is 0 Å². The largest absolute Gasteiger partial charge is 0.369 e. The van der Waals surface area contributed by atoms with E-state index in [2.05, 4.69) is 20.9 Å².